The summed E-state index contributed by atoms with van der Waals surface area (Å²) in [6.07, 6.45) is 4.80. The molecule has 1 aromatic carbocycles. The maximum atomic E-state index is 11.5. The summed E-state index contributed by atoms with van der Waals surface area (Å²) in [6, 6.07) is 10.0. The third-order valence-corrected chi connectivity index (χ3v) is 4.40. The van der Waals surface area contributed by atoms with Crippen LogP contribution in [-0.2, 0) is 10.0 Å². The molecule has 0 atom stereocenters. The van der Waals surface area contributed by atoms with Gasteiger partial charge in [0.2, 0.25) is 15.9 Å². The van der Waals surface area contributed by atoms with E-state index in [9.17, 15) is 8.42 Å². The molecule has 2 heterocycles. The number of nitrogens with one attached hydrogen (secondary N) is 1. The van der Waals surface area contributed by atoms with E-state index in [0.717, 1.165) is 0 Å². The van der Waals surface area contributed by atoms with E-state index >= 15 is 0 Å². The molecule has 0 unspecified atom stereocenters. The van der Waals surface area contributed by atoms with Gasteiger partial charge in [0.15, 0.2) is 5.82 Å². The van der Waals surface area contributed by atoms with Crippen molar-refractivity contribution in [3.05, 3.63) is 55.1 Å². The number of aromatic nitrogens is 4. The predicted molar refractivity (Wildman–Crippen MR) is 88.8 cm³/mol. The molecule has 0 radical (unpaired) electrons. The maximum absolute atomic E-state index is 11.5. The van der Waals surface area contributed by atoms with Crippen molar-refractivity contribution < 1.29 is 13.2 Å². The molecular weight excluding hydrogens is 330 g/mol. The highest BCUT2D eigenvalue weighted by atomic mass is 32.2. The molecule has 0 spiro atoms. The van der Waals surface area contributed by atoms with E-state index in [1.165, 1.54) is 6.33 Å². The topological polar surface area (TPSA) is 99.0 Å². The summed E-state index contributed by atoms with van der Waals surface area (Å²) < 4.78 is 32.8. The molecule has 0 amide bonds. The Hall–Kier alpha value is -2.94. The monoisotopic (exact) mass is 345 g/mol. The number of sulfonamides is 1. The molecule has 124 valence electrons. The van der Waals surface area contributed by atoms with E-state index in [4.69, 9.17) is 4.74 Å². The number of hydrogen-bond acceptors (Lipinski definition) is 6. The van der Waals surface area contributed by atoms with Crippen LogP contribution in [0.5, 0.6) is 11.6 Å². The normalized spacial score (nSPS) is 11.2. The predicted octanol–water partition coefficient (Wildman–Crippen LogP) is 2.22. The summed E-state index contributed by atoms with van der Waals surface area (Å²) in [5.74, 6) is 1.48. The second kappa shape index (κ2) is 6.67. The highest BCUT2D eigenvalue weighted by molar-refractivity contribution is 7.92. The van der Waals surface area contributed by atoms with Crippen LogP contribution < -0.4 is 9.46 Å². The van der Waals surface area contributed by atoms with Crippen LogP contribution in [0.2, 0.25) is 0 Å². The Labute approximate surface area is 139 Å². The van der Waals surface area contributed by atoms with Gasteiger partial charge in [0.25, 0.3) is 0 Å². The Morgan fingerprint density at radius 2 is 2.00 bits per heavy atom. The van der Waals surface area contributed by atoms with Gasteiger partial charge in [-0.3, -0.25) is 4.72 Å². The minimum Gasteiger partial charge on any atom is -0.439 e. The van der Waals surface area contributed by atoms with Gasteiger partial charge in [0, 0.05) is 24.1 Å². The maximum Gasteiger partial charge on any atom is 0.232 e. The van der Waals surface area contributed by atoms with Crippen LogP contribution in [-0.4, -0.2) is 33.9 Å². The van der Waals surface area contributed by atoms with Gasteiger partial charge in [-0.15, -0.1) is 0 Å². The number of nitrogens with zero attached hydrogens (tertiary/aromatic N) is 4. The number of hydrogen-bond donors (Lipinski definition) is 1. The molecule has 8 nitrogen and oxygen atoms in total. The van der Waals surface area contributed by atoms with Crippen molar-refractivity contribution in [2.24, 2.45) is 0 Å². The van der Waals surface area contributed by atoms with Crippen molar-refractivity contribution in [1.29, 1.82) is 0 Å². The number of rotatable bonds is 6. The fraction of sp³-hybridized carbons (Fsp3) is 0.133. The number of benzene rings is 1. The average Bonchev–Trinajstić information content (AvgIpc) is 3.11. The van der Waals surface area contributed by atoms with Crippen molar-refractivity contribution >= 4 is 15.7 Å². The van der Waals surface area contributed by atoms with E-state index < -0.39 is 10.0 Å². The summed E-state index contributed by atoms with van der Waals surface area (Å²) in [4.78, 5) is 8.17. The van der Waals surface area contributed by atoms with Crippen LogP contribution in [0.1, 0.15) is 6.92 Å². The van der Waals surface area contributed by atoms with Gasteiger partial charge >= 0.3 is 0 Å². The first kappa shape index (κ1) is 15.9. The van der Waals surface area contributed by atoms with Crippen molar-refractivity contribution in [2.45, 2.75) is 6.92 Å². The fourth-order valence-corrected chi connectivity index (χ4v) is 2.52. The number of anilines is 1. The van der Waals surface area contributed by atoms with Gasteiger partial charge in [0.05, 0.1) is 5.75 Å². The van der Waals surface area contributed by atoms with Gasteiger partial charge in [-0.05, 0) is 37.3 Å². The Balaban J connectivity index is 1.74. The highest BCUT2D eigenvalue weighted by Gasteiger charge is 2.07. The summed E-state index contributed by atoms with van der Waals surface area (Å²) in [5, 5.41) is 4.09. The molecule has 0 aliphatic heterocycles. The molecule has 3 aromatic rings. The largest absolute Gasteiger partial charge is 0.439 e. The lowest BCUT2D eigenvalue weighted by atomic mass is 10.3. The zero-order valence-electron chi connectivity index (χ0n) is 12.8. The van der Waals surface area contributed by atoms with Crippen molar-refractivity contribution in [1.82, 2.24) is 19.7 Å². The Kier molecular flexibility index (Phi) is 4.43. The third kappa shape index (κ3) is 3.87. The molecular formula is C15H15N5O3S. The summed E-state index contributed by atoms with van der Waals surface area (Å²) in [6.45, 7) is 1.58. The zero-order valence-corrected chi connectivity index (χ0v) is 13.6. The van der Waals surface area contributed by atoms with Gasteiger partial charge in [-0.25, -0.2) is 23.1 Å². The molecule has 0 aliphatic rings. The van der Waals surface area contributed by atoms with Gasteiger partial charge in [0.1, 0.15) is 12.1 Å². The summed E-state index contributed by atoms with van der Waals surface area (Å²) in [5.41, 5.74) is 0.476. The minimum atomic E-state index is -3.30. The van der Waals surface area contributed by atoms with E-state index in [1.54, 1.807) is 60.4 Å². The first-order chi connectivity index (χ1) is 11.6. The van der Waals surface area contributed by atoms with Gasteiger partial charge < -0.3 is 4.74 Å². The van der Waals surface area contributed by atoms with Gasteiger partial charge in [-0.1, -0.05) is 0 Å². The van der Waals surface area contributed by atoms with Crippen LogP contribution in [0.4, 0.5) is 5.69 Å². The SMILES string of the molecule is CCS(=O)(=O)Nc1ccc(Oc2cc(-n3cccn3)ncn2)cc1. The zero-order chi connectivity index (χ0) is 17.0. The van der Waals surface area contributed by atoms with Crippen molar-refractivity contribution in [3.63, 3.8) is 0 Å². The molecule has 2 aromatic heterocycles. The van der Waals surface area contributed by atoms with Crippen LogP contribution in [0.25, 0.3) is 5.82 Å². The molecule has 0 aliphatic carbocycles. The molecule has 0 fully saturated rings. The van der Waals surface area contributed by atoms with E-state index in [2.05, 4.69) is 19.8 Å². The fourth-order valence-electron chi connectivity index (χ4n) is 1.88. The molecule has 9 heteroatoms. The number of ether oxygens (including phenoxy) is 1. The van der Waals surface area contributed by atoms with Crippen LogP contribution in [0, 0.1) is 0 Å². The third-order valence-electron chi connectivity index (χ3n) is 3.10. The second-order valence-corrected chi connectivity index (χ2v) is 6.81. The molecule has 0 saturated heterocycles. The van der Waals surface area contributed by atoms with Crippen LogP contribution in [0.3, 0.4) is 0 Å². The average molecular weight is 345 g/mol. The molecule has 3 rings (SSSR count). The quantitative estimate of drug-likeness (QED) is 0.735. The van der Waals surface area contributed by atoms with E-state index in [-0.39, 0.29) is 5.75 Å². The first-order valence-electron chi connectivity index (χ1n) is 7.16. The Bertz CT molecular complexity index is 909. The van der Waals surface area contributed by atoms with Crippen LogP contribution in [0.15, 0.2) is 55.1 Å². The smallest absolute Gasteiger partial charge is 0.232 e. The van der Waals surface area contributed by atoms with Gasteiger partial charge in [-0.2, -0.15) is 5.10 Å². The summed E-state index contributed by atoms with van der Waals surface area (Å²) >= 11 is 0. The minimum absolute atomic E-state index is 0.0163. The standard InChI is InChI=1S/C15H15N5O3S/c1-2-24(21,22)19-12-4-6-13(7-5-12)23-15-10-14(16-11-17-15)20-9-3-8-18-20/h3-11,19H,2H2,1H3. The van der Waals surface area contributed by atoms with Crippen LogP contribution >= 0.6 is 0 Å². The van der Waals surface area contributed by atoms with Crippen molar-refractivity contribution in [3.8, 4) is 17.4 Å². The molecule has 0 saturated carbocycles. The second-order valence-electron chi connectivity index (χ2n) is 4.80. The Morgan fingerprint density at radius 1 is 1.21 bits per heavy atom. The Morgan fingerprint density at radius 3 is 2.67 bits per heavy atom. The highest BCUT2D eigenvalue weighted by Crippen LogP contribution is 2.22. The van der Waals surface area contributed by atoms with E-state index in [0.29, 0.717) is 23.1 Å². The lowest BCUT2D eigenvalue weighted by molar-refractivity contribution is 0.460. The lowest BCUT2D eigenvalue weighted by Crippen LogP contribution is -2.14. The lowest BCUT2D eigenvalue weighted by Gasteiger charge is -2.08. The molecule has 1 N–H and O–H groups in total. The molecule has 0 bridgehead atoms. The molecule has 24 heavy (non-hydrogen) atoms. The van der Waals surface area contributed by atoms with Crippen molar-refractivity contribution in [2.75, 3.05) is 10.5 Å². The van der Waals surface area contributed by atoms with E-state index in [1.807, 2.05) is 0 Å². The first-order valence-corrected chi connectivity index (χ1v) is 8.81. The summed E-state index contributed by atoms with van der Waals surface area (Å²) in [7, 11) is -3.30.